The number of aromatic nitrogens is 2. The van der Waals surface area contributed by atoms with Gasteiger partial charge in [-0.25, -0.2) is 14.4 Å². The van der Waals surface area contributed by atoms with Crippen LogP contribution >= 0.6 is 11.6 Å². The fourth-order valence-electron chi connectivity index (χ4n) is 8.51. The lowest BCUT2D eigenvalue weighted by Crippen LogP contribution is -2.54. The second kappa shape index (κ2) is 17.2. The third-order valence-corrected chi connectivity index (χ3v) is 11.8. The van der Waals surface area contributed by atoms with Gasteiger partial charge in [0.2, 0.25) is 11.8 Å². The van der Waals surface area contributed by atoms with Crippen molar-refractivity contribution in [3.05, 3.63) is 76.8 Å². The summed E-state index contributed by atoms with van der Waals surface area (Å²) < 4.78 is 25.6. The van der Waals surface area contributed by atoms with Crippen LogP contribution in [0.25, 0.3) is 10.9 Å². The van der Waals surface area contributed by atoms with Crippen molar-refractivity contribution in [2.75, 3.05) is 63.6 Å². The summed E-state index contributed by atoms with van der Waals surface area (Å²) in [7, 11) is 1.60. The molecule has 304 valence electrons. The Morgan fingerprint density at radius 2 is 1.71 bits per heavy atom. The molecule has 3 saturated heterocycles. The molecular weight excluding hydrogens is 767 g/mol. The Hall–Kier alpha value is -5.38. The number of piperidine rings is 3. The molecule has 14 nitrogen and oxygen atoms in total. The molecule has 0 bridgehead atoms. The van der Waals surface area contributed by atoms with Gasteiger partial charge in [-0.3, -0.25) is 29.4 Å². The zero-order valence-corrected chi connectivity index (χ0v) is 33.0. The highest BCUT2D eigenvalue weighted by molar-refractivity contribution is 6.31. The number of methoxy groups -OCH3 is 1. The summed E-state index contributed by atoms with van der Waals surface area (Å²) in [6, 6.07) is 12.5. The van der Waals surface area contributed by atoms with Crippen LogP contribution in [0.2, 0.25) is 5.02 Å². The molecule has 0 aliphatic carbocycles. The zero-order chi connectivity index (χ0) is 40.3. The molecule has 4 amide bonds. The lowest BCUT2D eigenvalue weighted by Gasteiger charge is -2.38. The Bertz CT molecular complexity index is 2240. The number of likely N-dealkylation sites (tertiary alicyclic amines) is 2. The van der Waals surface area contributed by atoms with Gasteiger partial charge in [-0.05, 0) is 107 Å². The number of halogens is 2. The molecule has 3 N–H and O–H groups in total. The highest BCUT2D eigenvalue weighted by Gasteiger charge is 2.44. The van der Waals surface area contributed by atoms with Gasteiger partial charge >= 0.3 is 0 Å². The maximum Gasteiger partial charge on any atom is 0.262 e. The van der Waals surface area contributed by atoms with Crippen LogP contribution in [0.1, 0.15) is 65.7 Å². The predicted molar refractivity (Wildman–Crippen MR) is 216 cm³/mol. The highest BCUT2D eigenvalue weighted by atomic mass is 35.5. The Labute approximate surface area is 340 Å². The molecule has 4 aliphatic rings. The second-order valence-electron chi connectivity index (χ2n) is 15.4. The lowest BCUT2D eigenvalue weighted by molar-refractivity contribution is -0.136. The van der Waals surface area contributed by atoms with Gasteiger partial charge in [0.05, 0.1) is 35.4 Å². The van der Waals surface area contributed by atoms with Crippen molar-refractivity contribution in [3.8, 4) is 11.5 Å². The molecule has 58 heavy (non-hydrogen) atoms. The molecule has 0 spiro atoms. The number of anilines is 3. The quantitative estimate of drug-likeness (QED) is 0.113. The number of ether oxygens (including phenoxy) is 2. The molecule has 1 aromatic heterocycles. The molecule has 4 aromatic rings. The van der Waals surface area contributed by atoms with Gasteiger partial charge in [0, 0.05) is 54.9 Å². The maximum absolute atomic E-state index is 13.7. The van der Waals surface area contributed by atoms with Crippen LogP contribution in [0.15, 0.2) is 54.9 Å². The number of amides is 4. The van der Waals surface area contributed by atoms with Crippen LogP contribution in [0, 0.1) is 11.7 Å². The summed E-state index contributed by atoms with van der Waals surface area (Å²) in [6.07, 6.45) is 6.87. The number of benzene rings is 3. The first-order valence-corrected chi connectivity index (χ1v) is 20.3. The minimum atomic E-state index is -0.979. The lowest BCUT2D eigenvalue weighted by atomic mass is 9.94. The first-order chi connectivity index (χ1) is 28.1. The van der Waals surface area contributed by atoms with E-state index in [2.05, 4.69) is 35.7 Å². The third-order valence-electron chi connectivity index (χ3n) is 11.5. The number of rotatable bonds is 13. The topological polar surface area (TPSA) is 158 Å². The van der Waals surface area contributed by atoms with Crippen LogP contribution in [0.3, 0.4) is 0 Å². The minimum absolute atomic E-state index is 0.0155. The average molecular weight is 813 g/mol. The van der Waals surface area contributed by atoms with Gasteiger partial charge in [-0.2, -0.15) is 0 Å². The standard InChI is InChI=1S/C42H46ClFN8O6/c1-57-36-21-34-31(39(46-24-45-34)48-27-6-8-33(44)32(43)19-27)20-37(36)58-17-3-14-50-15-11-25(12-16-50)22-51-13-2-4-28(23-51)47-26-5-7-29-30(18-26)42(56)52(41(29)55)35-9-10-38(53)49-40(35)54/h5-8,18-21,24-25,28,35,47H,2-4,9-17,22-23H2,1H3,(H,45,46,48)(H,49,53,54). The molecule has 0 radical (unpaired) electrons. The molecule has 5 heterocycles. The summed E-state index contributed by atoms with van der Waals surface area (Å²) in [5, 5.41) is 9.79. The van der Waals surface area contributed by atoms with Crippen LogP contribution in [-0.4, -0.2) is 113 Å². The summed E-state index contributed by atoms with van der Waals surface area (Å²) in [6.45, 7) is 6.51. The summed E-state index contributed by atoms with van der Waals surface area (Å²) in [5.41, 5.74) is 2.61. The number of hydrogen-bond acceptors (Lipinski definition) is 12. The van der Waals surface area contributed by atoms with Crippen molar-refractivity contribution < 1.29 is 33.0 Å². The second-order valence-corrected chi connectivity index (χ2v) is 15.8. The molecule has 8 rings (SSSR count). The van der Waals surface area contributed by atoms with E-state index < -0.39 is 35.5 Å². The van der Waals surface area contributed by atoms with Crippen molar-refractivity contribution in [2.45, 2.75) is 57.0 Å². The fourth-order valence-corrected chi connectivity index (χ4v) is 8.69. The number of carbonyl (C=O) groups excluding carboxylic acids is 4. The smallest absolute Gasteiger partial charge is 0.262 e. The zero-order valence-electron chi connectivity index (χ0n) is 32.3. The van der Waals surface area contributed by atoms with E-state index in [0.717, 1.165) is 87.3 Å². The maximum atomic E-state index is 13.7. The van der Waals surface area contributed by atoms with Crippen molar-refractivity contribution >= 4 is 63.3 Å². The monoisotopic (exact) mass is 812 g/mol. The first kappa shape index (κ1) is 39.4. The van der Waals surface area contributed by atoms with E-state index in [9.17, 15) is 23.6 Å². The number of carbonyl (C=O) groups is 4. The van der Waals surface area contributed by atoms with E-state index in [1.807, 2.05) is 18.2 Å². The molecule has 16 heteroatoms. The van der Waals surface area contributed by atoms with Gasteiger partial charge < -0.3 is 29.9 Å². The molecule has 3 aromatic carbocycles. The van der Waals surface area contributed by atoms with Crippen LogP contribution in [0.5, 0.6) is 11.5 Å². The van der Waals surface area contributed by atoms with Crippen LogP contribution in [0.4, 0.5) is 21.6 Å². The van der Waals surface area contributed by atoms with Crippen molar-refractivity contribution in [1.82, 2.24) is 30.0 Å². The molecule has 2 atom stereocenters. The Morgan fingerprint density at radius 3 is 2.50 bits per heavy atom. The largest absolute Gasteiger partial charge is 0.493 e. The minimum Gasteiger partial charge on any atom is -0.493 e. The van der Waals surface area contributed by atoms with E-state index in [1.54, 1.807) is 25.3 Å². The van der Waals surface area contributed by atoms with E-state index in [-0.39, 0.29) is 35.0 Å². The molecular formula is C42H46ClFN8O6. The predicted octanol–water partition coefficient (Wildman–Crippen LogP) is 5.63. The van der Waals surface area contributed by atoms with Gasteiger partial charge in [0.25, 0.3) is 11.8 Å². The Morgan fingerprint density at radius 1 is 0.897 bits per heavy atom. The van der Waals surface area contributed by atoms with Gasteiger partial charge in [-0.1, -0.05) is 11.6 Å². The molecule has 2 unspecified atom stereocenters. The van der Waals surface area contributed by atoms with Crippen LogP contribution in [-0.2, 0) is 9.59 Å². The summed E-state index contributed by atoms with van der Waals surface area (Å²) in [5.74, 6) is -0.172. The van der Waals surface area contributed by atoms with E-state index >= 15 is 0 Å². The molecule has 4 aliphatic heterocycles. The van der Waals surface area contributed by atoms with Crippen LogP contribution < -0.4 is 25.4 Å². The number of nitrogens with zero attached hydrogens (tertiary/aromatic N) is 5. The number of fused-ring (bicyclic) bond motifs is 2. The number of nitrogens with one attached hydrogen (secondary N) is 3. The number of hydrogen-bond donors (Lipinski definition) is 3. The van der Waals surface area contributed by atoms with E-state index in [4.69, 9.17) is 21.1 Å². The van der Waals surface area contributed by atoms with E-state index in [0.29, 0.717) is 41.0 Å². The highest BCUT2D eigenvalue weighted by Crippen LogP contribution is 2.36. The van der Waals surface area contributed by atoms with Gasteiger partial charge in [0.1, 0.15) is 24.0 Å². The number of imide groups is 2. The Kier molecular flexibility index (Phi) is 11.7. The SMILES string of the molecule is COc1cc2ncnc(Nc3ccc(F)c(Cl)c3)c2cc1OCCCN1CCC(CN2CCCC(Nc3ccc4c(c3)C(=O)N(C3CCC(=O)NC3=O)C4=O)C2)CC1. The first-order valence-electron chi connectivity index (χ1n) is 19.9. The van der Waals surface area contributed by atoms with E-state index in [1.165, 1.54) is 18.5 Å². The normalized spacial score (nSPS) is 20.6. The van der Waals surface area contributed by atoms with Crippen molar-refractivity contribution in [1.29, 1.82) is 0 Å². The van der Waals surface area contributed by atoms with Gasteiger partial charge in [0.15, 0.2) is 11.5 Å². The van der Waals surface area contributed by atoms with Crippen molar-refractivity contribution in [3.63, 3.8) is 0 Å². The van der Waals surface area contributed by atoms with Gasteiger partial charge in [-0.15, -0.1) is 0 Å². The molecule has 3 fully saturated rings. The third kappa shape index (κ3) is 8.57. The Balaban J connectivity index is 0.786. The summed E-state index contributed by atoms with van der Waals surface area (Å²) >= 11 is 5.99. The molecule has 0 saturated carbocycles. The fraction of sp³-hybridized carbons (Fsp3) is 0.429. The average Bonchev–Trinajstić information content (AvgIpc) is 3.46. The summed E-state index contributed by atoms with van der Waals surface area (Å²) in [4.78, 5) is 65.3. The van der Waals surface area contributed by atoms with Crippen molar-refractivity contribution in [2.24, 2.45) is 5.92 Å².